The lowest BCUT2D eigenvalue weighted by atomic mass is 9.91. The minimum atomic E-state index is 0.328. The van der Waals surface area contributed by atoms with Gasteiger partial charge in [-0.2, -0.15) is 0 Å². The molecule has 2 fully saturated rings. The fraction of sp³-hybridized carbons (Fsp3) is 0.533. The van der Waals surface area contributed by atoms with Crippen LogP contribution in [0.5, 0.6) is 0 Å². The van der Waals surface area contributed by atoms with E-state index in [1.807, 2.05) is 6.92 Å². The Kier molecular flexibility index (Phi) is 3.31. The third-order valence-corrected chi connectivity index (χ3v) is 5.36. The van der Waals surface area contributed by atoms with Crippen LogP contribution < -0.4 is 4.90 Å². The van der Waals surface area contributed by atoms with Crippen LogP contribution in [-0.4, -0.2) is 28.3 Å². The number of rotatable bonds is 2. The molecule has 0 amide bonds. The maximum atomic E-state index is 6.25. The molecule has 116 valence electrons. The third-order valence-electron chi connectivity index (χ3n) is 4.88. The Morgan fingerprint density at radius 2 is 2.05 bits per heavy atom. The van der Waals surface area contributed by atoms with Crippen LogP contribution in [-0.2, 0) is 0 Å². The standard InChI is InChI=1S/C15H16Cl2N4O/c1-9-19-20-14(22-9)11-7-15(11)2-4-21(5-3-15)13-12(17)6-10(16)8-18-13/h6,8,11H,2-5,7H2,1H3. The zero-order valence-electron chi connectivity index (χ0n) is 12.2. The summed E-state index contributed by atoms with van der Waals surface area (Å²) < 4.78 is 5.59. The largest absolute Gasteiger partial charge is 0.425 e. The molecular formula is C15H16Cl2N4O. The lowest BCUT2D eigenvalue weighted by Crippen LogP contribution is -2.35. The van der Waals surface area contributed by atoms with Crippen molar-refractivity contribution < 1.29 is 4.42 Å². The second-order valence-electron chi connectivity index (χ2n) is 6.22. The Morgan fingerprint density at radius 1 is 1.27 bits per heavy atom. The number of aromatic nitrogens is 3. The van der Waals surface area contributed by atoms with Gasteiger partial charge >= 0.3 is 0 Å². The van der Waals surface area contributed by atoms with Gasteiger partial charge in [-0.1, -0.05) is 23.2 Å². The molecule has 1 unspecified atom stereocenters. The van der Waals surface area contributed by atoms with E-state index in [1.54, 1.807) is 12.3 Å². The normalized spacial score (nSPS) is 23.0. The van der Waals surface area contributed by atoms with Crippen LogP contribution in [0.2, 0.25) is 10.0 Å². The first-order valence-electron chi connectivity index (χ1n) is 7.43. The molecule has 1 spiro atoms. The fourth-order valence-corrected chi connectivity index (χ4v) is 4.01. The van der Waals surface area contributed by atoms with Crippen molar-refractivity contribution in [3.05, 3.63) is 34.1 Å². The van der Waals surface area contributed by atoms with Gasteiger partial charge in [-0.3, -0.25) is 0 Å². The summed E-state index contributed by atoms with van der Waals surface area (Å²) in [4.78, 5) is 6.61. The van der Waals surface area contributed by atoms with Crippen LogP contribution in [0, 0.1) is 12.3 Å². The quantitative estimate of drug-likeness (QED) is 0.832. The van der Waals surface area contributed by atoms with Crippen LogP contribution in [0.3, 0.4) is 0 Å². The third kappa shape index (κ3) is 2.36. The number of halogens is 2. The first-order chi connectivity index (χ1) is 10.6. The molecule has 3 heterocycles. The summed E-state index contributed by atoms with van der Waals surface area (Å²) in [7, 11) is 0. The molecule has 22 heavy (non-hydrogen) atoms. The van der Waals surface area contributed by atoms with E-state index in [-0.39, 0.29) is 0 Å². The SMILES string of the molecule is Cc1nnc(C2CC23CCN(c2ncc(Cl)cc2Cl)CC3)o1. The molecule has 4 rings (SSSR count). The van der Waals surface area contributed by atoms with Crippen LogP contribution in [0.15, 0.2) is 16.7 Å². The lowest BCUT2D eigenvalue weighted by Gasteiger charge is -2.33. The monoisotopic (exact) mass is 338 g/mol. The molecule has 1 saturated heterocycles. The number of hydrogen-bond donors (Lipinski definition) is 0. The van der Waals surface area contributed by atoms with Crippen molar-refractivity contribution in [3.8, 4) is 0 Å². The molecule has 1 atom stereocenters. The second-order valence-corrected chi connectivity index (χ2v) is 7.07. The van der Waals surface area contributed by atoms with Crippen LogP contribution in [0.25, 0.3) is 0 Å². The minimum absolute atomic E-state index is 0.328. The van der Waals surface area contributed by atoms with E-state index in [0.717, 1.165) is 44.1 Å². The Morgan fingerprint density at radius 3 is 2.68 bits per heavy atom. The molecular weight excluding hydrogens is 323 g/mol. The van der Waals surface area contributed by atoms with E-state index in [0.29, 0.717) is 27.3 Å². The van der Waals surface area contributed by atoms with E-state index >= 15 is 0 Å². The van der Waals surface area contributed by atoms with E-state index in [9.17, 15) is 0 Å². The fourth-order valence-electron chi connectivity index (χ4n) is 3.51. The molecule has 0 bridgehead atoms. The first kappa shape index (κ1) is 14.3. The van der Waals surface area contributed by atoms with Gasteiger partial charge in [0, 0.05) is 32.1 Å². The van der Waals surface area contributed by atoms with Gasteiger partial charge in [0.05, 0.1) is 10.0 Å². The molecule has 5 nitrogen and oxygen atoms in total. The van der Waals surface area contributed by atoms with E-state index < -0.39 is 0 Å². The maximum absolute atomic E-state index is 6.25. The molecule has 0 aromatic carbocycles. The molecule has 0 radical (unpaired) electrons. The van der Waals surface area contributed by atoms with Gasteiger partial charge < -0.3 is 9.32 Å². The first-order valence-corrected chi connectivity index (χ1v) is 8.19. The molecule has 1 aliphatic carbocycles. The average Bonchev–Trinajstić information content (AvgIpc) is 3.00. The Labute approximate surface area is 138 Å². The summed E-state index contributed by atoms with van der Waals surface area (Å²) >= 11 is 12.2. The number of pyridine rings is 1. The number of anilines is 1. The topological polar surface area (TPSA) is 55.1 Å². The van der Waals surface area contributed by atoms with Crippen molar-refractivity contribution in [1.82, 2.24) is 15.2 Å². The summed E-state index contributed by atoms with van der Waals surface area (Å²) in [5, 5.41) is 9.30. The molecule has 2 aliphatic rings. The highest BCUT2D eigenvalue weighted by Crippen LogP contribution is 2.64. The number of nitrogens with zero attached hydrogens (tertiary/aromatic N) is 4. The molecule has 0 N–H and O–H groups in total. The summed E-state index contributed by atoms with van der Waals surface area (Å²) in [5.41, 5.74) is 0.328. The van der Waals surface area contributed by atoms with Gasteiger partial charge in [0.15, 0.2) is 0 Å². The molecule has 1 aliphatic heterocycles. The highest BCUT2D eigenvalue weighted by Gasteiger charge is 2.58. The van der Waals surface area contributed by atoms with Gasteiger partial charge in [-0.15, -0.1) is 10.2 Å². The highest BCUT2D eigenvalue weighted by molar-refractivity contribution is 6.36. The number of aryl methyl sites for hydroxylation is 1. The van der Waals surface area contributed by atoms with Crippen LogP contribution in [0.4, 0.5) is 5.82 Å². The highest BCUT2D eigenvalue weighted by atomic mass is 35.5. The number of piperidine rings is 1. The summed E-state index contributed by atoms with van der Waals surface area (Å²) in [6, 6.07) is 1.75. The van der Waals surface area contributed by atoms with Crippen LogP contribution >= 0.6 is 23.2 Å². The smallest absolute Gasteiger partial charge is 0.220 e. The molecule has 2 aromatic heterocycles. The zero-order valence-corrected chi connectivity index (χ0v) is 13.7. The average molecular weight is 339 g/mol. The van der Waals surface area contributed by atoms with Crippen molar-refractivity contribution in [3.63, 3.8) is 0 Å². The van der Waals surface area contributed by atoms with Crippen molar-refractivity contribution in [2.45, 2.75) is 32.1 Å². The van der Waals surface area contributed by atoms with Crippen molar-refractivity contribution in [2.24, 2.45) is 5.41 Å². The second kappa shape index (κ2) is 5.10. The van der Waals surface area contributed by atoms with Gasteiger partial charge in [-0.05, 0) is 30.7 Å². The van der Waals surface area contributed by atoms with Gasteiger partial charge in [0.25, 0.3) is 0 Å². The molecule has 7 heteroatoms. The predicted molar refractivity (Wildman–Crippen MR) is 84.5 cm³/mol. The predicted octanol–water partition coefficient (Wildman–Crippen LogP) is 3.85. The van der Waals surface area contributed by atoms with Gasteiger partial charge in [-0.25, -0.2) is 4.98 Å². The lowest BCUT2D eigenvalue weighted by molar-refractivity contribution is 0.348. The Bertz CT molecular complexity index is 709. The van der Waals surface area contributed by atoms with E-state index in [2.05, 4.69) is 20.1 Å². The summed E-state index contributed by atoms with van der Waals surface area (Å²) in [5.74, 6) is 2.69. The summed E-state index contributed by atoms with van der Waals surface area (Å²) in [6.07, 6.45) is 4.98. The van der Waals surface area contributed by atoms with Crippen LogP contribution in [0.1, 0.15) is 37.0 Å². The van der Waals surface area contributed by atoms with Crippen molar-refractivity contribution in [2.75, 3.05) is 18.0 Å². The number of hydrogen-bond acceptors (Lipinski definition) is 5. The van der Waals surface area contributed by atoms with E-state index in [1.165, 1.54) is 0 Å². The van der Waals surface area contributed by atoms with Gasteiger partial charge in [0.2, 0.25) is 11.8 Å². The minimum Gasteiger partial charge on any atom is -0.425 e. The molecule has 2 aromatic rings. The summed E-state index contributed by atoms with van der Waals surface area (Å²) in [6.45, 7) is 3.72. The Balaban J connectivity index is 1.45. The van der Waals surface area contributed by atoms with Gasteiger partial charge in [0.1, 0.15) is 5.82 Å². The Hall–Kier alpha value is -1.33. The molecule has 1 saturated carbocycles. The maximum Gasteiger partial charge on any atom is 0.220 e. The van der Waals surface area contributed by atoms with Crippen molar-refractivity contribution in [1.29, 1.82) is 0 Å². The zero-order chi connectivity index (χ0) is 15.3. The van der Waals surface area contributed by atoms with E-state index in [4.69, 9.17) is 27.6 Å². The van der Waals surface area contributed by atoms with Crippen molar-refractivity contribution >= 4 is 29.0 Å².